The van der Waals surface area contributed by atoms with Gasteiger partial charge in [0.25, 0.3) is 5.56 Å². The number of H-pyrrole nitrogens is 1. The van der Waals surface area contributed by atoms with Gasteiger partial charge >= 0.3 is 0 Å². The number of hydrogen-bond acceptors (Lipinski definition) is 3. The highest BCUT2D eigenvalue weighted by Crippen LogP contribution is 2.19. The van der Waals surface area contributed by atoms with Crippen LogP contribution in [0.4, 0.5) is 5.82 Å². The Morgan fingerprint density at radius 2 is 2.00 bits per heavy atom. The number of rotatable bonds is 3. The van der Waals surface area contributed by atoms with E-state index in [2.05, 4.69) is 31.2 Å². The van der Waals surface area contributed by atoms with Gasteiger partial charge in [0.15, 0.2) is 0 Å². The lowest BCUT2D eigenvalue weighted by Crippen LogP contribution is -2.14. The second kappa shape index (κ2) is 5.35. The first-order valence-corrected chi connectivity index (χ1v) is 6.44. The fourth-order valence-electron chi connectivity index (χ4n) is 1.71. The molecular weight excluding hydrogens is 294 g/mol. The van der Waals surface area contributed by atoms with Crippen molar-refractivity contribution in [1.82, 2.24) is 9.97 Å². The molecule has 0 amide bonds. The van der Waals surface area contributed by atoms with E-state index in [0.29, 0.717) is 11.6 Å². The summed E-state index contributed by atoms with van der Waals surface area (Å²) in [5.74, 6) is 1.19. The molecule has 0 bridgehead atoms. The predicted molar refractivity (Wildman–Crippen MR) is 75.8 cm³/mol. The van der Waals surface area contributed by atoms with Crippen molar-refractivity contribution < 1.29 is 0 Å². The van der Waals surface area contributed by atoms with Gasteiger partial charge in [-0.2, -0.15) is 0 Å². The van der Waals surface area contributed by atoms with E-state index in [1.165, 1.54) is 6.07 Å². The zero-order chi connectivity index (χ0) is 13.1. The van der Waals surface area contributed by atoms with Crippen molar-refractivity contribution >= 4 is 21.7 Å². The summed E-state index contributed by atoms with van der Waals surface area (Å²) in [5.41, 5.74) is 0.992. The maximum Gasteiger partial charge on any atom is 0.252 e. The van der Waals surface area contributed by atoms with E-state index < -0.39 is 0 Å². The van der Waals surface area contributed by atoms with Crippen molar-refractivity contribution in [1.29, 1.82) is 0 Å². The summed E-state index contributed by atoms with van der Waals surface area (Å²) in [6.45, 7) is 3.79. The Balaban J connectivity index is 2.18. The lowest BCUT2D eigenvalue weighted by Gasteiger charge is -2.15. The van der Waals surface area contributed by atoms with Gasteiger partial charge in [-0.3, -0.25) is 4.79 Å². The zero-order valence-electron chi connectivity index (χ0n) is 10.2. The molecule has 2 N–H and O–H groups in total. The molecule has 18 heavy (non-hydrogen) atoms. The number of nitrogens with zero attached hydrogens (tertiary/aromatic N) is 1. The predicted octanol–water partition coefficient (Wildman–Crippen LogP) is 3.01. The normalized spacial score (nSPS) is 12.2. The summed E-state index contributed by atoms with van der Waals surface area (Å²) < 4.78 is 1.04. The van der Waals surface area contributed by atoms with Crippen LogP contribution in [-0.4, -0.2) is 9.97 Å². The standard InChI is InChI=1S/C13H14BrN3O/c1-8(10-3-5-11(14)6-4-10)15-12-7-13(18)17-9(2)16-12/h3-8H,1-2H3,(H2,15,16,17,18). The fraction of sp³-hybridized carbons (Fsp3) is 0.231. The van der Waals surface area contributed by atoms with Crippen LogP contribution in [0.1, 0.15) is 24.4 Å². The van der Waals surface area contributed by atoms with Gasteiger partial charge in [-0.1, -0.05) is 28.1 Å². The van der Waals surface area contributed by atoms with Gasteiger partial charge in [0.1, 0.15) is 11.6 Å². The van der Waals surface area contributed by atoms with E-state index in [9.17, 15) is 4.79 Å². The molecule has 0 spiro atoms. The molecular formula is C13H14BrN3O. The molecule has 5 heteroatoms. The Labute approximate surface area is 114 Å². The zero-order valence-corrected chi connectivity index (χ0v) is 11.8. The molecule has 0 fully saturated rings. The Hall–Kier alpha value is -1.62. The first kappa shape index (κ1) is 12.8. The Morgan fingerprint density at radius 3 is 2.61 bits per heavy atom. The van der Waals surface area contributed by atoms with Crippen LogP contribution in [0.2, 0.25) is 0 Å². The molecule has 2 rings (SSSR count). The van der Waals surface area contributed by atoms with Crippen LogP contribution in [0, 0.1) is 6.92 Å². The van der Waals surface area contributed by atoms with Gasteiger partial charge in [-0.05, 0) is 31.5 Å². The lowest BCUT2D eigenvalue weighted by atomic mass is 10.1. The summed E-state index contributed by atoms with van der Waals surface area (Å²) in [6, 6.07) is 9.59. The van der Waals surface area contributed by atoms with Crippen LogP contribution in [0.25, 0.3) is 0 Å². The molecule has 4 nitrogen and oxygen atoms in total. The first-order chi connectivity index (χ1) is 8.54. The van der Waals surface area contributed by atoms with Gasteiger partial charge < -0.3 is 10.3 Å². The maximum absolute atomic E-state index is 11.3. The van der Waals surface area contributed by atoms with Gasteiger partial charge in [0, 0.05) is 16.6 Å². The van der Waals surface area contributed by atoms with Crippen molar-refractivity contribution in [2.45, 2.75) is 19.9 Å². The smallest absolute Gasteiger partial charge is 0.252 e. The van der Waals surface area contributed by atoms with E-state index in [-0.39, 0.29) is 11.6 Å². The number of halogens is 1. The van der Waals surface area contributed by atoms with Crippen molar-refractivity contribution in [3.05, 3.63) is 56.5 Å². The second-order valence-corrected chi connectivity index (χ2v) is 5.05. The summed E-state index contributed by atoms with van der Waals surface area (Å²) in [7, 11) is 0. The van der Waals surface area contributed by atoms with Crippen LogP contribution in [0.15, 0.2) is 39.6 Å². The van der Waals surface area contributed by atoms with Gasteiger partial charge in [0.2, 0.25) is 0 Å². The Kier molecular flexibility index (Phi) is 3.81. The minimum atomic E-state index is -0.145. The van der Waals surface area contributed by atoms with Crippen LogP contribution < -0.4 is 10.9 Å². The van der Waals surface area contributed by atoms with Crippen LogP contribution in [-0.2, 0) is 0 Å². The van der Waals surface area contributed by atoms with Crippen molar-refractivity contribution in [3.63, 3.8) is 0 Å². The molecule has 94 valence electrons. The largest absolute Gasteiger partial charge is 0.363 e. The quantitative estimate of drug-likeness (QED) is 0.916. The van der Waals surface area contributed by atoms with Gasteiger partial charge in [0.05, 0.1) is 0 Å². The summed E-state index contributed by atoms with van der Waals surface area (Å²) in [4.78, 5) is 18.2. The molecule has 0 aliphatic carbocycles. The van der Waals surface area contributed by atoms with E-state index in [1.807, 2.05) is 31.2 Å². The van der Waals surface area contributed by atoms with Crippen molar-refractivity contribution in [2.24, 2.45) is 0 Å². The first-order valence-electron chi connectivity index (χ1n) is 5.64. The van der Waals surface area contributed by atoms with E-state index in [4.69, 9.17) is 0 Å². The number of benzene rings is 1. The molecule has 0 aliphatic rings. The fourth-order valence-corrected chi connectivity index (χ4v) is 1.97. The summed E-state index contributed by atoms with van der Waals surface area (Å²) in [6.07, 6.45) is 0. The molecule has 2 aromatic rings. The molecule has 0 radical (unpaired) electrons. The van der Waals surface area contributed by atoms with Crippen LogP contribution >= 0.6 is 15.9 Å². The highest BCUT2D eigenvalue weighted by Gasteiger charge is 2.06. The molecule has 1 heterocycles. The summed E-state index contributed by atoms with van der Waals surface area (Å²) >= 11 is 3.40. The Bertz CT molecular complexity index is 592. The van der Waals surface area contributed by atoms with Crippen molar-refractivity contribution in [3.8, 4) is 0 Å². The number of hydrogen-bond donors (Lipinski definition) is 2. The molecule has 1 aromatic heterocycles. The third kappa shape index (κ3) is 3.20. The molecule has 0 saturated carbocycles. The molecule has 1 unspecified atom stereocenters. The number of aromatic amines is 1. The van der Waals surface area contributed by atoms with Crippen LogP contribution in [0.5, 0.6) is 0 Å². The number of aryl methyl sites for hydroxylation is 1. The van der Waals surface area contributed by atoms with Gasteiger partial charge in [-0.15, -0.1) is 0 Å². The highest BCUT2D eigenvalue weighted by molar-refractivity contribution is 9.10. The third-order valence-electron chi connectivity index (χ3n) is 2.59. The molecule has 0 saturated heterocycles. The minimum Gasteiger partial charge on any atom is -0.363 e. The highest BCUT2D eigenvalue weighted by atomic mass is 79.9. The Morgan fingerprint density at radius 1 is 1.33 bits per heavy atom. The number of nitrogens with one attached hydrogen (secondary N) is 2. The van der Waals surface area contributed by atoms with E-state index >= 15 is 0 Å². The third-order valence-corrected chi connectivity index (χ3v) is 3.12. The average molecular weight is 308 g/mol. The monoisotopic (exact) mass is 307 g/mol. The van der Waals surface area contributed by atoms with E-state index in [1.54, 1.807) is 6.92 Å². The lowest BCUT2D eigenvalue weighted by molar-refractivity contribution is 0.864. The minimum absolute atomic E-state index is 0.0896. The number of aromatic nitrogens is 2. The molecule has 1 aromatic carbocycles. The summed E-state index contributed by atoms with van der Waals surface area (Å²) in [5, 5.41) is 3.21. The molecule has 0 aliphatic heterocycles. The van der Waals surface area contributed by atoms with Gasteiger partial charge in [-0.25, -0.2) is 4.98 Å². The average Bonchev–Trinajstić information content (AvgIpc) is 2.28. The maximum atomic E-state index is 11.3. The topological polar surface area (TPSA) is 57.8 Å². The second-order valence-electron chi connectivity index (χ2n) is 4.13. The van der Waals surface area contributed by atoms with E-state index in [0.717, 1.165) is 10.0 Å². The van der Waals surface area contributed by atoms with Crippen LogP contribution in [0.3, 0.4) is 0 Å². The van der Waals surface area contributed by atoms with Crippen molar-refractivity contribution in [2.75, 3.05) is 5.32 Å². The number of anilines is 1. The SMILES string of the molecule is Cc1nc(NC(C)c2ccc(Br)cc2)cc(=O)[nH]1. The molecule has 1 atom stereocenters.